The van der Waals surface area contributed by atoms with E-state index in [-0.39, 0.29) is 0 Å². The molecule has 84 valence electrons. The van der Waals surface area contributed by atoms with Crippen molar-refractivity contribution in [2.45, 2.75) is 20.4 Å². The van der Waals surface area contributed by atoms with E-state index in [4.69, 9.17) is 5.73 Å². The zero-order chi connectivity index (χ0) is 11.7. The summed E-state index contributed by atoms with van der Waals surface area (Å²) in [6.45, 7) is 4.82. The standard InChI is InChI=1S/C12H14BrN3/c1-8-9(2)16(7-15-8)6-10-11(13)4-3-5-12(10)14/h3-5,7H,6,14H2,1-2H3. The van der Waals surface area contributed by atoms with Crippen LogP contribution in [0, 0.1) is 13.8 Å². The van der Waals surface area contributed by atoms with E-state index in [9.17, 15) is 0 Å². The largest absolute Gasteiger partial charge is 0.398 e. The summed E-state index contributed by atoms with van der Waals surface area (Å²) in [5.74, 6) is 0. The second kappa shape index (κ2) is 4.29. The van der Waals surface area contributed by atoms with E-state index in [1.165, 1.54) is 5.69 Å². The van der Waals surface area contributed by atoms with Crippen molar-refractivity contribution < 1.29 is 0 Å². The number of hydrogen-bond acceptors (Lipinski definition) is 2. The van der Waals surface area contributed by atoms with Crippen molar-refractivity contribution in [1.82, 2.24) is 9.55 Å². The second-order valence-corrected chi connectivity index (χ2v) is 4.71. The summed E-state index contributed by atoms with van der Waals surface area (Å²) < 4.78 is 3.14. The van der Waals surface area contributed by atoms with Gasteiger partial charge in [0.15, 0.2) is 0 Å². The molecule has 0 spiro atoms. The number of nitrogens with two attached hydrogens (primary N) is 1. The maximum atomic E-state index is 5.96. The summed E-state index contributed by atoms with van der Waals surface area (Å²) in [4.78, 5) is 4.28. The molecule has 0 bridgehead atoms. The van der Waals surface area contributed by atoms with E-state index in [0.717, 1.165) is 28.0 Å². The lowest BCUT2D eigenvalue weighted by molar-refractivity contribution is 0.768. The Kier molecular flexibility index (Phi) is 3.01. The average molecular weight is 280 g/mol. The summed E-state index contributed by atoms with van der Waals surface area (Å²) in [6, 6.07) is 5.86. The smallest absolute Gasteiger partial charge is 0.0954 e. The molecule has 1 aromatic heterocycles. The molecule has 0 amide bonds. The fourth-order valence-corrected chi connectivity index (χ4v) is 2.12. The number of nitrogens with zero attached hydrogens (tertiary/aromatic N) is 2. The Morgan fingerprint density at radius 3 is 2.69 bits per heavy atom. The highest BCUT2D eigenvalue weighted by atomic mass is 79.9. The Morgan fingerprint density at radius 1 is 1.38 bits per heavy atom. The van der Waals surface area contributed by atoms with Gasteiger partial charge < -0.3 is 10.3 Å². The molecular formula is C12H14BrN3. The zero-order valence-electron chi connectivity index (χ0n) is 9.37. The Bertz CT molecular complexity index is 497. The van der Waals surface area contributed by atoms with Crippen molar-refractivity contribution in [2.75, 3.05) is 5.73 Å². The van der Waals surface area contributed by atoms with Crippen molar-refractivity contribution in [3.05, 3.63) is 46.0 Å². The highest BCUT2D eigenvalue weighted by Gasteiger charge is 2.07. The SMILES string of the molecule is Cc1ncn(Cc2c(N)cccc2Br)c1C. The third-order valence-corrected chi connectivity index (χ3v) is 3.57. The minimum Gasteiger partial charge on any atom is -0.398 e. The van der Waals surface area contributed by atoms with Gasteiger partial charge in [-0.25, -0.2) is 4.98 Å². The highest BCUT2D eigenvalue weighted by molar-refractivity contribution is 9.10. The summed E-state index contributed by atoms with van der Waals surface area (Å²) in [5.41, 5.74) is 10.1. The van der Waals surface area contributed by atoms with Crippen molar-refractivity contribution in [3.63, 3.8) is 0 Å². The quantitative estimate of drug-likeness (QED) is 0.860. The van der Waals surface area contributed by atoms with E-state index < -0.39 is 0 Å². The van der Waals surface area contributed by atoms with Crippen molar-refractivity contribution in [1.29, 1.82) is 0 Å². The molecule has 0 aliphatic rings. The zero-order valence-corrected chi connectivity index (χ0v) is 11.0. The minimum atomic E-state index is 0.750. The first-order chi connectivity index (χ1) is 7.59. The molecule has 0 saturated heterocycles. The van der Waals surface area contributed by atoms with Crippen LogP contribution in [-0.2, 0) is 6.54 Å². The number of hydrogen-bond donors (Lipinski definition) is 1. The predicted molar refractivity (Wildman–Crippen MR) is 69.4 cm³/mol. The van der Waals surface area contributed by atoms with E-state index in [1.54, 1.807) is 0 Å². The third kappa shape index (κ3) is 1.97. The van der Waals surface area contributed by atoms with Crippen LogP contribution in [0.3, 0.4) is 0 Å². The molecule has 0 aliphatic carbocycles. The molecule has 0 unspecified atom stereocenters. The van der Waals surface area contributed by atoms with Crippen LogP contribution in [-0.4, -0.2) is 9.55 Å². The Labute approximate surface area is 103 Å². The van der Waals surface area contributed by atoms with Gasteiger partial charge in [0, 0.05) is 21.4 Å². The van der Waals surface area contributed by atoms with Gasteiger partial charge in [-0.1, -0.05) is 22.0 Å². The van der Waals surface area contributed by atoms with E-state index >= 15 is 0 Å². The van der Waals surface area contributed by atoms with Gasteiger partial charge in [0.1, 0.15) is 0 Å². The number of halogens is 1. The summed E-state index contributed by atoms with van der Waals surface area (Å²) >= 11 is 3.52. The van der Waals surface area contributed by atoms with Crippen molar-refractivity contribution >= 4 is 21.6 Å². The van der Waals surface area contributed by atoms with Crippen molar-refractivity contribution in [3.8, 4) is 0 Å². The number of nitrogen functional groups attached to an aromatic ring is 1. The molecule has 1 heterocycles. The molecule has 0 radical (unpaired) electrons. The topological polar surface area (TPSA) is 43.8 Å². The molecule has 0 atom stereocenters. The number of anilines is 1. The van der Waals surface area contributed by atoms with Crippen LogP contribution >= 0.6 is 15.9 Å². The molecule has 4 heteroatoms. The molecule has 0 aliphatic heterocycles. The lowest BCUT2D eigenvalue weighted by Crippen LogP contribution is -2.04. The van der Waals surface area contributed by atoms with Crippen LogP contribution in [0.2, 0.25) is 0 Å². The van der Waals surface area contributed by atoms with Gasteiger partial charge in [-0.15, -0.1) is 0 Å². The second-order valence-electron chi connectivity index (χ2n) is 3.85. The highest BCUT2D eigenvalue weighted by Crippen LogP contribution is 2.24. The van der Waals surface area contributed by atoms with Gasteiger partial charge in [-0.05, 0) is 26.0 Å². The van der Waals surface area contributed by atoms with Crippen LogP contribution in [0.5, 0.6) is 0 Å². The number of rotatable bonds is 2. The molecule has 2 aromatic rings. The van der Waals surface area contributed by atoms with Gasteiger partial charge in [0.2, 0.25) is 0 Å². The van der Waals surface area contributed by atoms with Crippen molar-refractivity contribution in [2.24, 2.45) is 0 Å². The van der Waals surface area contributed by atoms with Gasteiger partial charge in [0.05, 0.1) is 18.6 Å². The van der Waals surface area contributed by atoms with Crippen LogP contribution in [0.4, 0.5) is 5.69 Å². The predicted octanol–water partition coefficient (Wildman–Crippen LogP) is 2.89. The Balaban J connectivity index is 2.38. The van der Waals surface area contributed by atoms with Crippen LogP contribution in [0.15, 0.2) is 29.0 Å². The summed E-state index contributed by atoms with van der Waals surface area (Å²) in [7, 11) is 0. The number of imidazole rings is 1. The number of aryl methyl sites for hydroxylation is 1. The first kappa shape index (κ1) is 11.2. The van der Waals surface area contributed by atoms with E-state index in [1.807, 2.05) is 31.5 Å². The maximum absolute atomic E-state index is 5.96. The van der Waals surface area contributed by atoms with Crippen LogP contribution in [0.1, 0.15) is 17.0 Å². The molecule has 0 fully saturated rings. The molecule has 0 saturated carbocycles. The van der Waals surface area contributed by atoms with Gasteiger partial charge in [-0.2, -0.15) is 0 Å². The minimum absolute atomic E-state index is 0.750. The normalized spacial score (nSPS) is 10.7. The Morgan fingerprint density at radius 2 is 2.12 bits per heavy atom. The molecule has 2 N–H and O–H groups in total. The summed E-state index contributed by atoms with van der Waals surface area (Å²) in [6.07, 6.45) is 1.85. The Hall–Kier alpha value is -1.29. The third-order valence-electron chi connectivity index (χ3n) is 2.83. The average Bonchev–Trinajstić information content (AvgIpc) is 2.55. The van der Waals surface area contributed by atoms with Gasteiger partial charge in [0.25, 0.3) is 0 Å². The molecule has 3 nitrogen and oxygen atoms in total. The van der Waals surface area contributed by atoms with E-state index in [0.29, 0.717) is 0 Å². The van der Waals surface area contributed by atoms with Crippen LogP contribution in [0.25, 0.3) is 0 Å². The molecule has 2 rings (SSSR count). The van der Waals surface area contributed by atoms with Crippen LogP contribution < -0.4 is 5.73 Å². The van der Waals surface area contributed by atoms with Gasteiger partial charge >= 0.3 is 0 Å². The first-order valence-electron chi connectivity index (χ1n) is 5.11. The monoisotopic (exact) mass is 279 g/mol. The fraction of sp³-hybridized carbons (Fsp3) is 0.250. The maximum Gasteiger partial charge on any atom is 0.0954 e. The van der Waals surface area contributed by atoms with Gasteiger partial charge in [-0.3, -0.25) is 0 Å². The molecule has 1 aromatic carbocycles. The summed E-state index contributed by atoms with van der Waals surface area (Å²) in [5, 5.41) is 0. The lowest BCUT2D eigenvalue weighted by atomic mass is 10.2. The van der Waals surface area contributed by atoms with E-state index in [2.05, 4.69) is 32.4 Å². The molecular weight excluding hydrogens is 266 g/mol. The number of benzene rings is 1. The molecule has 16 heavy (non-hydrogen) atoms. The fourth-order valence-electron chi connectivity index (χ4n) is 1.62. The lowest BCUT2D eigenvalue weighted by Gasteiger charge is -2.10. The first-order valence-corrected chi connectivity index (χ1v) is 5.90. The number of aromatic nitrogens is 2.